The molecule has 0 spiro atoms. The fourth-order valence-corrected chi connectivity index (χ4v) is 3.13. The van der Waals surface area contributed by atoms with Gasteiger partial charge < -0.3 is 5.11 Å². The van der Waals surface area contributed by atoms with Crippen molar-refractivity contribution < 1.29 is 19.5 Å². The summed E-state index contributed by atoms with van der Waals surface area (Å²) in [6.45, 7) is 1.83. The van der Waals surface area contributed by atoms with Crippen molar-refractivity contribution in [3.05, 3.63) is 0 Å². The Labute approximate surface area is 106 Å². The summed E-state index contributed by atoms with van der Waals surface area (Å²) in [5.41, 5.74) is 0. The zero-order valence-corrected chi connectivity index (χ0v) is 10.6. The summed E-state index contributed by atoms with van der Waals surface area (Å²) >= 11 is 0. The van der Waals surface area contributed by atoms with Crippen LogP contribution in [0.4, 0.5) is 0 Å². The molecule has 2 rings (SSSR count). The summed E-state index contributed by atoms with van der Waals surface area (Å²) in [7, 11) is 0. The van der Waals surface area contributed by atoms with Crippen LogP contribution < -0.4 is 0 Å². The second-order valence-corrected chi connectivity index (χ2v) is 5.33. The lowest BCUT2D eigenvalue weighted by atomic mass is 10.00. The molecule has 2 fully saturated rings. The molecule has 1 heterocycles. The van der Waals surface area contributed by atoms with Gasteiger partial charge in [-0.05, 0) is 32.6 Å². The van der Waals surface area contributed by atoms with Crippen LogP contribution >= 0.6 is 0 Å². The number of rotatable bonds is 5. The van der Waals surface area contributed by atoms with E-state index in [2.05, 4.69) is 0 Å². The molecule has 0 aromatic heterocycles. The zero-order chi connectivity index (χ0) is 13.3. The minimum Gasteiger partial charge on any atom is -0.481 e. The third kappa shape index (κ3) is 2.26. The quantitative estimate of drug-likeness (QED) is 0.752. The van der Waals surface area contributed by atoms with Crippen molar-refractivity contribution >= 4 is 17.8 Å². The summed E-state index contributed by atoms with van der Waals surface area (Å²) < 4.78 is 0. The molecular weight excluding hydrogens is 234 g/mol. The number of imide groups is 1. The van der Waals surface area contributed by atoms with E-state index in [4.69, 9.17) is 5.11 Å². The van der Waals surface area contributed by atoms with E-state index in [1.54, 1.807) is 0 Å². The van der Waals surface area contributed by atoms with Crippen molar-refractivity contribution in [2.75, 3.05) is 0 Å². The van der Waals surface area contributed by atoms with Gasteiger partial charge in [-0.2, -0.15) is 0 Å². The molecule has 18 heavy (non-hydrogen) atoms. The van der Waals surface area contributed by atoms with Gasteiger partial charge in [-0.1, -0.05) is 6.42 Å². The van der Waals surface area contributed by atoms with Gasteiger partial charge in [0, 0.05) is 12.5 Å². The first-order valence-corrected chi connectivity index (χ1v) is 6.61. The highest BCUT2D eigenvalue weighted by atomic mass is 16.4. The Morgan fingerprint density at radius 2 is 1.89 bits per heavy atom. The minimum atomic E-state index is -0.835. The van der Waals surface area contributed by atoms with E-state index in [-0.39, 0.29) is 36.1 Å². The molecule has 1 saturated heterocycles. The Balaban J connectivity index is 1.94. The topological polar surface area (TPSA) is 74.7 Å². The molecule has 0 aromatic carbocycles. The number of carbonyl (C=O) groups excluding carboxylic acids is 2. The molecule has 2 aliphatic rings. The summed E-state index contributed by atoms with van der Waals surface area (Å²) in [5.74, 6) is -1.10. The Bertz CT molecular complexity index is 357. The summed E-state index contributed by atoms with van der Waals surface area (Å²) in [6, 6.07) is -0.171. The van der Waals surface area contributed by atoms with Crippen LogP contribution in [-0.2, 0) is 14.4 Å². The van der Waals surface area contributed by atoms with Crippen molar-refractivity contribution in [3.63, 3.8) is 0 Å². The van der Waals surface area contributed by atoms with Crippen LogP contribution in [-0.4, -0.2) is 33.8 Å². The number of carboxylic acid groups (broad SMARTS) is 1. The van der Waals surface area contributed by atoms with E-state index < -0.39 is 5.97 Å². The molecule has 5 heteroatoms. The van der Waals surface area contributed by atoms with Crippen LogP contribution in [0.25, 0.3) is 0 Å². The molecule has 100 valence electrons. The Kier molecular flexibility index (Phi) is 3.68. The van der Waals surface area contributed by atoms with Gasteiger partial charge in [0.2, 0.25) is 11.8 Å². The number of likely N-dealkylation sites (tertiary alicyclic amines) is 1. The normalized spacial score (nSPS) is 28.6. The first kappa shape index (κ1) is 13.1. The Morgan fingerprint density at radius 3 is 2.39 bits per heavy atom. The number of carbonyl (C=O) groups is 3. The van der Waals surface area contributed by atoms with Crippen LogP contribution in [0, 0.1) is 11.8 Å². The molecule has 2 amide bonds. The van der Waals surface area contributed by atoms with E-state index in [9.17, 15) is 14.4 Å². The average Bonchev–Trinajstić information content (AvgIpc) is 2.83. The molecule has 0 aromatic rings. The predicted molar refractivity (Wildman–Crippen MR) is 63.6 cm³/mol. The molecule has 3 atom stereocenters. The smallest absolute Gasteiger partial charge is 0.303 e. The van der Waals surface area contributed by atoms with Gasteiger partial charge in [-0.15, -0.1) is 0 Å². The van der Waals surface area contributed by atoms with Crippen LogP contribution in [0.1, 0.15) is 45.4 Å². The second kappa shape index (κ2) is 5.08. The second-order valence-electron chi connectivity index (χ2n) is 5.33. The fourth-order valence-electron chi connectivity index (χ4n) is 3.13. The van der Waals surface area contributed by atoms with Gasteiger partial charge in [0.25, 0.3) is 0 Å². The first-order chi connectivity index (χ1) is 8.52. The SMILES string of the molecule is CC(CCCC(=O)O)N1C(=O)C2CCCC2C1=O. The number of hydrogen-bond donors (Lipinski definition) is 1. The lowest BCUT2D eigenvalue weighted by molar-refractivity contribution is -0.142. The van der Waals surface area contributed by atoms with Crippen LogP contribution in [0.3, 0.4) is 0 Å². The number of aliphatic carboxylic acids is 1. The molecule has 1 N–H and O–H groups in total. The minimum absolute atomic E-state index is 0.0367. The summed E-state index contributed by atoms with van der Waals surface area (Å²) in [6.07, 6.45) is 3.79. The molecule has 5 nitrogen and oxygen atoms in total. The van der Waals surface area contributed by atoms with E-state index in [0.717, 1.165) is 19.3 Å². The van der Waals surface area contributed by atoms with Gasteiger partial charge in [-0.25, -0.2) is 0 Å². The number of amides is 2. The number of fused-ring (bicyclic) bond motifs is 1. The van der Waals surface area contributed by atoms with E-state index >= 15 is 0 Å². The van der Waals surface area contributed by atoms with E-state index in [1.807, 2.05) is 6.92 Å². The fraction of sp³-hybridized carbons (Fsp3) is 0.769. The monoisotopic (exact) mass is 253 g/mol. The Morgan fingerprint density at radius 1 is 1.33 bits per heavy atom. The maximum absolute atomic E-state index is 12.1. The van der Waals surface area contributed by atoms with Crippen molar-refractivity contribution in [1.29, 1.82) is 0 Å². The summed E-state index contributed by atoms with van der Waals surface area (Å²) in [5, 5.41) is 8.58. The van der Waals surface area contributed by atoms with Crippen LogP contribution in [0.5, 0.6) is 0 Å². The maximum atomic E-state index is 12.1. The van der Waals surface area contributed by atoms with Gasteiger partial charge in [0.1, 0.15) is 0 Å². The standard InChI is InChI=1S/C13H19NO4/c1-8(4-2-7-11(15)16)14-12(17)9-5-3-6-10(9)13(14)18/h8-10H,2-7H2,1H3,(H,15,16). The van der Waals surface area contributed by atoms with E-state index in [0.29, 0.717) is 12.8 Å². The maximum Gasteiger partial charge on any atom is 0.303 e. The van der Waals surface area contributed by atoms with Crippen molar-refractivity contribution in [3.8, 4) is 0 Å². The highest BCUT2D eigenvalue weighted by Crippen LogP contribution is 2.40. The molecule has 0 bridgehead atoms. The average molecular weight is 253 g/mol. The van der Waals surface area contributed by atoms with Crippen LogP contribution in [0.15, 0.2) is 0 Å². The first-order valence-electron chi connectivity index (χ1n) is 6.61. The van der Waals surface area contributed by atoms with E-state index in [1.165, 1.54) is 4.90 Å². The molecular formula is C13H19NO4. The van der Waals surface area contributed by atoms with Gasteiger partial charge in [-0.3, -0.25) is 19.3 Å². The highest BCUT2D eigenvalue weighted by molar-refractivity contribution is 6.05. The molecule has 3 unspecified atom stereocenters. The zero-order valence-electron chi connectivity index (χ0n) is 10.6. The molecule has 1 saturated carbocycles. The number of nitrogens with zero attached hydrogens (tertiary/aromatic N) is 1. The van der Waals surface area contributed by atoms with Gasteiger partial charge in [0.05, 0.1) is 11.8 Å². The van der Waals surface area contributed by atoms with Crippen molar-refractivity contribution in [2.24, 2.45) is 11.8 Å². The number of hydrogen-bond acceptors (Lipinski definition) is 3. The molecule has 0 radical (unpaired) electrons. The van der Waals surface area contributed by atoms with Gasteiger partial charge in [0.15, 0.2) is 0 Å². The Hall–Kier alpha value is -1.39. The number of carboxylic acids is 1. The third-order valence-corrected chi connectivity index (χ3v) is 4.08. The molecule has 1 aliphatic heterocycles. The van der Waals surface area contributed by atoms with Gasteiger partial charge >= 0.3 is 5.97 Å². The lowest BCUT2D eigenvalue weighted by Crippen LogP contribution is -2.39. The highest BCUT2D eigenvalue weighted by Gasteiger charge is 2.50. The van der Waals surface area contributed by atoms with Crippen molar-refractivity contribution in [2.45, 2.75) is 51.5 Å². The third-order valence-electron chi connectivity index (χ3n) is 4.08. The predicted octanol–water partition coefficient (Wildman–Crippen LogP) is 1.41. The van der Waals surface area contributed by atoms with Crippen molar-refractivity contribution in [1.82, 2.24) is 4.90 Å². The largest absolute Gasteiger partial charge is 0.481 e. The lowest BCUT2D eigenvalue weighted by Gasteiger charge is -2.23. The molecule has 1 aliphatic carbocycles. The summed E-state index contributed by atoms with van der Waals surface area (Å²) in [4.78, 5) is 36.1. The van der Waals surface area contributed by atoms with Crippen LogP contribution in [0.2, 0.25) is 0 Å².